The van der Waals surface area contributed by atoms with Crippen molar-refractivity contribution < 1.29 is 22.7 Å². The Balaban J connectivity index is 1.88. The minimum Gasteiger partial charge on any atom is -0.465 e. The summed E-state index contributed by atoms with van der Waals surface area (Å²) in [4.78, 5) is 25.4. The first-order valence-electron chi connectivity index (χ1n) is 10.8. The van der Waals surface area contributed by atoms with E-state index in [1.807, 2.05) is 12.1 Å². The molecule has 0 saturated heterocycles. The molecule has 0 bridgehead atoms. The van der Waals surface area contributed by atoms with Gasteiger partial charge in [0, 0.05) is 17.2 Å². The van der Waals surface area contributed by atoms with Crippen LogP contribution < -0.4 is 0 Å². The first-order valence-corrected chi connectivity index (χ1v) is 13.2. The van der Waals surface area contributed by atoms with Gasteiger partial charge in [-0.15, -0.1) is 0 Å². The van der Waals surface area contributed by atoms with Crippen LogP contribution in [0.5, 0.6) is 0 Å². The van der Waals surface area contributed by atoms with Crippen molar-refractivity contribution in [3.63, 3.8) is 0 Å². The van der Waals surface area contributed by atoms with Gasteiger partial charge < -0.3 is 4.74 Å². The Labute approximate surface area is 208 Å². The maximum Gasteiger partial charge on any atom is 0.337 e. The number of esters is 1. The number of aryl methyl sites for hydroxylation is 2. The van der Waals surface area contributed by atoms with Crippen LogP contribution in [0, 0.1) is 6.92 Å². The molecule has 0 spiro atoms. The van der Waals surface area contributed by atoms with E-state index in [9.17, 15) is 18.0 Å². The molecule has 180 valence electrons. The maximum absolute atomic E-state index is 13.6. The van der Waals surface area contributed by atoms with Crippen molar-refractivity contribution in [3.8, 4) is 11.3 Å². The lowest BCUT2D eigenvalue weighted by atomic mass is 10.0. The summed E-state index contributed by atoms with van der Waals surface area (Å²) >= 11 is 6.37. The van der Waals surface area contributed by atoms with Crippen LogP contribution in [0.3, 0.4) is 0 Å². The van der Waals surface area contributed by atoms with Crippen LogP contribution in [0.1, 0.15) is 31.8 Å². The number of methoxy groups -OCH3 is 1. The summed E-state index contributed by atoms with van der Waals surface area (Å²) in [6.07, 6.45) is 1.50. The molecular formula is C26H23ClN2O5S. The third kappa shape index (κ3) is 5.13. The number of nitrogens with zero attached hydrogens (tertiary/aromatic N) is 2. The minimum atomic E-state index is -3.15. The number of benzene rings is 3. The molecule has 0 N–H and O–H groups in total. The van der Waals surface area contributed by atoms with E-state index in [1.54, 1.807) is 55.5 Å². The number of halogens is 1. The van der Waals surface area contributed by atoms with E-state index < -0.39 is 21.7 Å². The molecule has 0 amide bonds. The molecule has 0 radical (unpaired) electrons. The normalized spacial score (nSPS) is 11.5. The number of fused-ring (bicyclic) bond motifs is 1. The van der Waals surface area contributed by atoms with E-state index >= 15 is 0 Å². The summed E-state index contributed by atoms with van der Waals surface area (Å²) in [5.74, 6) is -0.853. The lowest BCUT2D eigenvalue weighted by molar-refractivity contribution is 0.0600. The first-order chi connectivity index (χ1) is 16.6. The van der Waals surface area contributed by atoms with E-state index in [0.717, 1.165) is 5.56 Å². The van der Waals surface area contributed by atoms with Gasteiger partial charge >= 0.3 is 5.97 Å². The molecule has 1 heterocycles. The Morgan fingerprint density at radius 2 is 1.77 bits per heavy atom. The van der Waals surface area contributed by atoms with E-state index in [0.29, 0.717) is 50.3 Å². The summed E-state index contributed by atoms with van der Waals surface area (Å²) in [5, 5.41) is 5.66. The molecule has 0 aliphatic rings. The van der Waals surface area contributed by atoms with E-state index in [2.05, 4.69) is 5.10 Å². The largest absolute Gasteiger partial charge is 0.465 e. The van der Waals surface area contributed by atoms with Gasteiger partial charge in [0.2, 0.25) is 0 Å². The average molecular weight is 511 g/mol. The molecule has 1 aromatic heterocycles. The van der Waals surface area contributed by atoms with Gasteiger partial charge in [-0.1, -0.05) is 48.0 Å². The average Bonchev–Trinajstić information content (AvgIpc) is 3.20. The molecule has 0 atom stereocenters. The van der Waals surface area contributed by atoms with Crippen LogP contribution in [0.4, 0.5) is 0 Å². The molecule has 0 saturated carbocycles. The fourth-order valence-corrected chi connectivity index (χ4v) is 4.79. The molecule has 9 heteroatoms. The summed E-state index contributed by atoms with van der Waals surface area (Å²) < 4.78 is 29.4. The second-order valence-electron chi connectivity index (χ2n) is 8.30. The van der Waals surface area contributed by atoms with Gasteiger partial charge in [-0.3, -0.25) is 4.79 Å². The lowest BCUT2D eigenvalue weighted by Crippen LogP contribution is -2.15. The summed E-state index contributed by atoms with van der Waals surface area (Å²) in [6.45, 7) is 1.80. The number of aromatic nitrogens is 2. The lowest BCUT2D eigenvalue weighted by Gasteiger charge is -2.08. The van der Waals surface area contributed by atoms with Gasteiger partial charge in [0.25, 0.3) is 5.91 Å². The van der Waals surface area contributed by atoms with Crippen LogP contribution in [0.25, 0.3) is 22.2 Å². The second kappa shape index (κ2) is 9.64. The fourth-order valence-electron chi connectivity index (χ4n) is 3.88. The van der Waals surface area contributed by atoms with Crippen molar-refractivity contribution in [3.05, 3.63) is 87.9 Å². The highest BCUT2D eigenvalue weighted by atomic mass is 35.5. The molecule has 3 aromatic carbocycles. The van der Waals surface area contributed by atoms with Crippen molar-refractivity contribution in [2.45, 2.75) is 13.3 Å². The summed E-state index contributed by atoms with van der Waals surface area (Å²) in [5.41, 5.74) is 3.99. The highest BCUT2D eigenvalue weighted by molar-refractivity contribution is 7.90. The number of hydrogen-bond donors (Lipinski definition) is 0. The van der Waals surface area contributed by atoms with Gasteiger partial charge in [-0.25, -0.2) is 13.2 Å². The molecule has 0 aliphatic heterocycles. The Hall–Kier alpha value is -3.49. The van der Waals surface area contributed by atoms with Crippen LogP contribution >= 0.6 is 11.6 Å². The standard InChI is InChI=1S/C26H23ClN2O5S/c1-16-5-4-6-21(27)23(16)25(30)29-22-15-17(13-14-35(3,32)33)7-12-20(22)24(28-29)18-8-10-19(11-9-18)26(31)34-2/h4-12,15H,13-14H2,1-3H3. The predicted molar refractivity (Wildman–Crippen MR) is 136 cm³/mol. The smallest absolute Gasteiger partial charge is 0.337 e. The minimum absolute atomic E-state index is 0.00788. The second-order valence-corrected chi connectivity index (χ2v) is 11.0. The van der Waals surface area contributed by atoms with Gasteiger partial charge in [-0.05, 0) is 48.7 Å². The molecular weight excluding hydrogens is 488 g/mol. The quantitative estimate of drug-likeness (QED) is 0.348. The van der Waals surface area contributed by atoms with Crippen LogP contribution in [-0.4, -0.2) is 49.2 Å². The van der Waals surface area contributed by atoms with Crippen LogP contribution in [0.15, 0.2) is 60.7 Å². The zero-order valence-electron chi connectivity index (χ0n) is 19.4. The number of hydrogen-bond acceptors (Lipinski definition) is 6. The molecule has 4 rings (SSSR count). The van der Waals surface area contributed by atoms with Gasteiger partial charge in [0.05, 0.1) is 34.5 Å². The highest BCUT2D eigenvalue weighted by Gasteiger charge is 2.22. The molecule has 7 nitrogen and oxygen atoms in total. The van der Waals surface area contributed by atoms with Crippen molar-refractivity contribution in [1.82, 2.24) is 9.78 Å². The van der Waals surface area contributed by atoms with Crippen LogP contribution in [0.2, 0.25) is 5.02 Å². The summed E-state index contributed by atoms with van der Waals surface area (Å²) in [7, 11) is -1.84. The third-order valence-electron chi connectivity index (χ3n) is 5.71. The maximum atomic E-state index is 13.6. The first kappa shape index (κ1) is 24.6. The Bertz CT molecular complexity index is 1540. The summed E-state index contributed by atoms with van der Waals surface area (Å²) in [6, 6.07) is 17.4. The molecule has 0 aliphatic carbocycles. The number of carbonyl (C=O) groups excluding carboxylic acids is 2. The number of carbonyl (C=O) groups is 2. The van der Waals surface area contributed by atoms with Gasteiger partial charge in [0.15, 0.2) is 0 Å². The van der Waals surface area contributed by atoms with E-state index in [1.165, 1.54) is 18.0 Å². The monoisotopic (exact) mass is 510 g/mol. The fraction of sp³-hybridized carbons (Fsp3) is 0.192. The number of sulfone groups is 1. The Morgan fingerprint density at radius 1 is 1.06 bits per heavy atom. The third-order valence-corrected chi connectivity index (χ3v) is 6.98. The zero-order chi connectivity index (χ0) is 25.3. The number of ether oxygens (including phenoxy) is 1. The predicted octanol–water partition coefficient (Wildman–Crippen LogP) is 4.73. The van der Waals surface area contributed by atoms with Gasteiger partial charge in [0.1, 0.15) is 15.5 Å². The Kier molecular flexibility index (Phi) is 6.78. The van der Waals surface area contributed by atoms with Crippen molar-refractivity contribution in [2.75, 3.05) is 19.1 Å². The number of rotatable bonds is 6. The SMILES string of the molecule is COC(=O)c1ccc(-c2nn(C(=O)c3c(C)cccc3Cl)c3cc(CCS(C)(=O)=O)ccc23)cc1. The van der Waals surface area contributed by atoms with Crippen molar-refractivity contribution in [2.24, 2.45) is 0 Å². The topological polar surface area (TPSA) is 95.3 Å². The van der Waals surface area contributed by atoms with Crippen molar-refractivity contribution in [1.29, 1.82) is 0 Å². The van der Waals surface area contributed by atoms with Crippen LogP contribution in [-0.2, 0) is 21.0 Å². The Morgan fingerprint density at radius 3 is 2.40 bits per heavy atom. The molecule has 0 unspecified atom stereocenters. The molecule has 35 heavy (non-hydrogen) atoms. The van der Waals surface area contributed by atoms with E-state index in [4.69, 9.17) is 16.3 Å². The highest BCUT2D eigenvalue weighted by Crippen LogP contribution is 2.31. The molecule has 4 aromatic rings. The van der Waals surface area contributed by atoms with E-state index in [-0.39, 0.29) is 5.75 Å². The molecule has 0 fully saturated rings. The van der Waals surface area contributed by atoms with Gasteiger partial charge in [-0.2, -0.15) is 9.78 Å². The zero-order valence-corrected chi connectivity index (χ0v) is 21.0. The van der Waals surface area contributed by atoms with Crippen molar-refractivity contribution >= 4 is 44.2 Å².